The molecule has 0 aromatic rings. The van der Waals surface area contributed by atoms with E-state index in [-0.39, 0.29) is 5.91 Å². The van der Waals surface area contributed by atoms with Crippen LogP contribution in [0.2, 0.25) is 0 Å². The summed E-state index contributed by atoms with van der Waals surface area (Å²) >= 11 is 0. The van der Waals surface area contributed by atoms with Gasteiger partial charge in [-0.2, -0.15) is 0 Å². The molecule has 0 bridgehead atoms. The van der Waals surface area contributed by atoms with Crippen LogP contribution in [0.25, 0.3) is 0 Å². The topological polar surface area (TPSA) is 41.1 Å². The van der Waals surface area contributed by atoms with Crippen molar-refractivity contribution in [2.24, 2.45) is 0 Å². The molecule has 0 radical (unpaired) electrons. The zero-order chi connectivity index (χ0) is 11.6. The number of carbonyl (C=O) groups excluding carboxylic acids is 1. The van der Waals surface area contributed by atoms with Crippen LogP contribution in [0.1, 0.15) is 44.9 Å². The first-order valence-electron chi connectivity index (χ1n) is 6.26. The average Bonchev–Trinajstić information content (AvgIpc) is 2.76. The van der Waals surface area contributed by atoms with E-state index >= 15 is 0 Å². The number of terminal acetylenes is 1. The quantitative estimate of drug-likeness (QED) is 0.505. The Labute approximate surface area is 98.4 Å². The Morgan fingerprint density at radius 3 is 2.75 bits per heavy atom. The predicted octanol–water partition coefficient (Wildman–Crippen LogP) is 1.44. The lowest BCUT2D eigenvalue weighted by atomic mass is 10.2. The summed E-state index contributed by atoms with van der Waals surface area (Å²) in [6, 6.07) is 0.427. The molecule has 1 aliphatic carbocycles. The first-order valence-corrected chi connectivity index (χ1v) is 6.26. The first kappa shape index (κ1) is 13.1. The second kappa shape index (κ2) is 8.18. The summed E-state index contributed by atoms with van der Waals surface area (Å²) in [7, 11) is 0. The predicted molar refractivity (Wildman–Crippen MR) is 66.0 cm³/mol. The zero-order valence-electron chi connectivity index (χ0n) is 9.93. The summed E-state index contributed by atoms with van der Waals surface area (Å²) in [4.78, 5) is 11.5. The van der Waals surface area contributed by atoms with Gasteiger partial charge in [0.15, 0.2) is 0 Å². The fourth-order valence-electron chi connectivity index (χ4n) is 2.03. The largest absolute Gasteiger partial charge is 0.352 e. The minimum absolute atomic E-state index is 0.129. The van der Waals surface area contributed by atoms with Gasteiger partial charge in [0.2, 0.25) is 5.91 Å². The maximum Gasteiger partial charge on any atom is 0.234 e. The van der Waals surface area contributed by atoms with Crippen molar-refractivity contribution in [2.45, 2.75) is 51.0 Å². The van der Waals surface area contributed by atoms with Gasteiger partial charge in [0.1, 0.15) is 0 Å². The Balaban J connectivity index is 1.92. The van der Waals surface area contributed by atoms with Crippen molar-refractivity contribution in [3.05, 3.63) is 0 Å². The molecule has 90 valence electrons. The van der Waals surface area contributed by atoms with Gasteiger partial charge in [0.05, 0.1) is 6.54 Å². The van der Waals surface area contributed by atoms with Gasteiger partial charge >= 0.3 is 0 Å². The molecule has 0 atom stereocenters. The third-order valence-corrected chi connectivity index (χ3v) is 2.93. The average molecular weight is 222 g/mol. The lowest BCUT2D eigenvalue weighted by molar-refractivity contribution is -0.120. The van der Waals surface area contributed by atoms with Crippen LogP contribution in [0, 0.1) is 12.3 Å². The molecule has 0 unspecified atom stereocenters. The van der Waals surface area contributed by atoms with E-state index in [0.717, 1.165) is 38.6 Å². The maximum atomic E-state index is 11.5. The molecule has 3 nitrogen and oxygen atoms in total. The van der Waals surface area contributed by atoms with E-state index in [0.29, 0.717) is 12.6 Å². The normalized spacial score (nSPS) is 15.9. The molecular weight excluding hydrogens is 200 g/mol. The Morgan fingerprint density at radius 2 is 2.06 bits per heavy atom. The van der Waals surface area contributed by atoms with E-state index in [1.54, 1.807) is 0 Å². The molecule has 1 aliphatic rings. The molecule has 2 N–H and O–H groups in total. The molecule has 0 aromatic carbocycles. The molecule has 16 heavy (non-hydrogen) atoms. The summed E-state index contributed by atoms with van der Waals surface area (Å²) < 4.78 is 0. The molecule has 1 rings (SSSR count). The lowest BCUT2D eigenvalue weighted by Crippen LogP contribution is -2.39. The van der Waals surface area contributed by atoms with Gasteiger partial charge in [0.25, 0.3) is 0 Å². The first-order chi connectivity index (χ1) is 7.83. The molecule has 3 heteroatoms. The summed E-state index contributed by atoms with van der Waals surface area (Å²) in [5, 5.41) is 6.18. The Morgan fingerprint density at radius 1 is 1.31 bits per heavy atom. The number of hydrogen-bond donors (Lipinski definition) is 2. The van der Waals surface area contributed by atoms with E-state index < -0.39 is 0 Å². The molecule has 1 amide bonds. The summed E-state index contributed by atoms with van der Waals surface area (Å²) in [6.45, 7) is 1.31. The number of amides is 1. The second-order valence-electron chi connectivity index (χ2n) is 4.39. The third kappa shape index (κ3) is 5.77. The third-order valence-electron chi connectivity index (χ3n) is 2.93. The summed E-state index contributed by atoms with van der Waals surface area (Å²) in [6.07, 6.45) is 12.9. The van der Waals surface area contributed by atoms with Gasteiger partial charge in [0, 0.05) is 12.5 Å². The van der Waals surface area contributed by atoms with Crippen molar-refractivity contribution in [3.63, 3.8) is 0 Å². The van der Waals surface area contributed by atoms with Crippen molar-refractivity contribution in [1.82, 2.24) is 10.6 Å². The maximum absolute atomic E-state index is 11.5. The van der Waals surface area contributed by atoms with Crippen LogP contribution in [-0.2, 0) is 4.79 Å². The highest BCUT2D eigenvalue weighted by Crippen LogP contribution is 2.17. The Hall–Kier alpha value is -1.01. The standard InChI is InChI=1S/C13H22N2O/c1-2-3-4-7-10-14-11-13(16)15-12-8-5-6-9-12/h1,12,14H,3-11H2,(H,15,16). The monoisotopic (exact) mass is 222 g/mol. The smallest absolute Gasteiger partial charge is 0.234 e. The van der Waals surface area contributed by atoms with Gasteiger partial charge in [-0.3, -0.25) is 4.79 Å². The Bertz CT molecular complexity index is 239. The van der Waals surface area contributed by atoms with Gasteiger partial charge in [-0.15, -0.1) is 12.3 Å². The van der Waals surface area contributed by atoms with Crippen LogP contribution in [-0.4, -0.2) is 25.0 Å². The molecule has 1 fully saturated rings. The van der Waals surface area contributed by atoms with Gasteiger partial charge in [-0.25, -0.2) is 0 Å². The fraction of sp³-hybridized carbons (Fsp3) is 0.769. The van der Waals surface area contributed by atoms with E-state index in [2.05, 4.69) is 16.6 Å². The van der Waals surface area contributed by atoms with Crippen LogP contribution >= 0.6 is 0 Å². The van der Waals surface area contributed by atoms with Gasteiger partial charge in [-0.05, 0) is 32.2 Å². The number of rotatable bonds is 7. The molecule has 0 saturated heterocycles. The molecule has 0 aliphatic heterocycles. The van der Waals surface area contributed by atoms with E-state index in [4.69, 9.17) is 6.42 Å². The van der Waals surface area contributed by atoms with Crippen LogP contribution in [0.4, 0.5) is 0 Å². The van der Waals surface area contributed by atoms with Gasteiger partial charge < -0.3 is 10.6 Å². The van der Waals surface area contributed by atoms with Gasteiger partial charge in [-0.1, -0.05) is 12.8 Å². The van der Waals surface area contributed by atoms with Crippen molar-refractivity contribution < 1.29 is 4.79 Å². The number of carbonyl (C=O) groups is 1. The van der Waals surface area contributed by atoms with E-state index in [1.165, 1.54) is 12.8 Å². The molecule has 0 aromatic heterocycles. The molecular formula is C13H22N2O. The van der Waals surface area contributed by atoms with Crippen LogP contribution < -0.4 is 10.6 Å². The van der Waals surface area contributed by atoms with Crippen molar-refractivity contribution in [1.29, 1.82) is 0 Å². The highest BCUT2D eigenvalue weighted by atomic mass is 16.1. The van der Waals surface area contributed by atoms with Crippen LogP contribution in [0.3, 0.4) is 0 Å². The Kier molecular flexibility index (Phi) is 6.67. The van der Waals surface area contributed by atoms with Crippen molar-refractivity contribution >= 4 is 5.91 Å². The highest BCUT2D eigenvalue weighted by Gasteiger charge is 2.16. The fourth-order valence-corrected chi connectivity index (χ4v) is 2.03. The molecule has 0 spiro atoms. The van der Waals surface area contributed by atoms with E-state index in [1.807, 2.05) is 0 Å². The van der Waals surface area contributed by atoms with Crippen LogP contribution in [0.15, 0.2) is 0 Å². The SMILES string of the molecule is C#CCCCCNCC(=O)NC1CCCC1. The van der Waals surface area contributed by atoms with Crippen molar-refractivity contribution in [3.8, 4) is 12.3 Å². The number of hydrogen-bond acceptors (Lipinski definition) is 2. The lowest BCUT2D eigenvalue weighted by Gasteiger charge is -2.12. The summed E-state index contributed by atoms with van der Waals surface area (Å²) in [5.41, 5.74) is 0. The van der Waals surface area contributed by atoms with Crippen molar-refractivity contribution in [2.75, 3.05) is 13.1 Å². The molecule has 0 heterocycles. The highest BCUT2D eigenvalue weighted by molar-refractivity contribution is 5.78. The number of unbranched alkanes of at least 4 members (excludes halogenated alkanes) is 2. The minimum Gasteiger partial charge on any atom is -0.352 e. The second-order valence-corrected chi connectivity index (χ2v) is 4.39. The number of nitrogens with one attached hydrogen (secondary N) is 2. The molecule has 1 saturated carbocycles. The minimum atomic E-state index is 0.129. The zero-order valence-corrected chi connectivity index (χ0v) is 9.93. The van der Waals surface area contributed by atoms with E-state index in [9.17, 15) is 4.79 Å². The van der Waals surface area contributed by atoms with Crippen LogP contribution in [0.5, 0.6) is 0 Å². The summed E-state index contributed by atoms with van der Waals surface area (Å²) in [5.74, 6) is 2.74.